The molecule has 1 aromatic heterocycles. The van der Waals surface area contributed by atoms with E-state index < -0.39 is 0 Å². The Morgan fingerprint density at radius 1 is 1.06 bits per heavy atom. The van der Waals surface area contributed by atoms with Crippen molar-refractivity contribution in [1.29, 1.82) is 0 Å². The minimum Gasteiger partial charge on any atom is -0.456 e. The fraction of sp³-hybridized carbons (Fsp3) is 0. The van der Waals surface area contributed by atoms with Crippen molar-refractivity contribution in [3.05, 3.63) is 45.6 Å². The molecule has 0 atom stereocenters. The van der Waals surface area contributed by atoms with Gasteiger partial charge in [0.15, 0.2) is 0 Å². The predicted octanol–water partition coefficient (Wildman–Crippen LogP) is 5.14. The number of fused-ring (bicyclic) bond motifs is 3. The van der Waals surface area contributed by atoms with Gasteiger partial charge >= 0.3 is 0 Å². The number of rotatable bonds is 0. The van der Waals surface area contributed by atoms with Crippen molar-refractivity contribution in [2.75, 3.05) is 0 Å². The second kappa shape index (κ2) is 3.47. The number of hydrogen-bond donors (Lipinski definition) is 0. The van der Waals surface area contributed by atoms with E-state index in [0.717, 1.165) is 10.8 Å². The van der Waals surface area contributed by atoms with E-state index in [-0.39, 0.29) is 5.82 Å². The quantitative estimate of drug-likeness (QED) is 0.560. The molecule has 3 rings (SSSR count). The van der Waals surface area contributed by atoms with Crippen molar-refractivity contribution >= 4 is 49.5 Å². The summed E-state index contributed by atoms with van der Waals surface area (Å²) in [4.78, 5) is 0. The molecule has 0 aliphatic heterocycles. The van der Waals surface area contributed by atoms with Gasteiger partial charge < -0.3 is 4.42 Å². The van der Waals surface area contributed by atoms with Crippen LogP contribution in [0.1, 0.15) is 0 Å². The summed E-state index contributed by atoms with van der Waals surface area (Å²) in [6.45, 7) is 0. The standard InChI is InChI=1S/C12H5BrClFO/c13-9-5-12-8(4-10(9)15)7-2-1-6(14)3-11(7)16-12/h1-5H. The highest BCUT2D eigenvalue weighted by atomic mass is 79.9. The predicted molar refractivity (Wildman–Crippen MR) is 66.4 cm³/mol. The highest BCUT2D eigenvalue weighted by Crippen LogP contribution is 2.33. The van der Waals surface area contributed by atoms with Crippen LogP contribution in [0.5, 0.6) is 0 Å². The summed E-state index contributed by atoms with van der Waals surface area (Å²) in [7, 11) is 0. The van der Waals surface area contributed by atoms with Gasteiger partial charge in [-0.15, -0.1) is 0 Å². The lowest BCUT2D eigenvalue weighted by atomic mass is 10.1. The maximum atomic E-state index is 13.4. The Morgan fingerprint density at radius 3 is 2.62 bits per heavy atom. The van der Waals surface area contributed by atoms with Crippen LogP contribution < -0.4 is 0 Å². The molecule has 80 valence electrons. The summed E-state index contributed by atoms with van der Waals surface area (Å²) in [5, 5.41) is 2.23. The topological polar surface area (TPSA) is 13.1 Å². The lowest BCUT2D eigenvalue weighted by Gasteiger charge is -1.93. The molecule has 3 aromatic rings. The molecule has 1 heterocycles. The third-order valence-electron chi connectivity index (χ3n) is 2.48. The van der Waals surface area contributed by atoms with Gasteiger partial charge in [0.05, 0.1) is 4.47 Å². The molecule has 0 unspecified atom stereocenters. The van der Waals surface area contributed by atoms with Crippen LogP contribution in [0.25, 0.3) is 21.9 Å². The van der Waals surface area contributed by atoms with E-state index in [1.165, 1.54) is 6.07 Å². The molecule has 0 N–H and O–H groups in total. The SMILES string of the molecule is Fc1cc2c(cc1Br)oc1cc(Cl)ccc12. The van der Waals surface area contributed by atoms with Crippen LogP contribution >= 0.6 is 27.5 Å². The van der Waals surface area contributed by atoms with Gasteiger partial charge in [-0.2, -0.15) is 0 Å². The zero-order valence-corrected chi connectivity index (χ0v) is 10.3. The largest absolute Gasteiger partial charge is 0.456 e. The van der Waals surface area contributed by atoms with E-state index in [1.54, 1.807) is 18.2 Å². The molecule has 1 nitrogen and oxygen atoms in total. The first-order valence-corrected chi connectivity index (χ1v) is 5.79. The zero-order valence-electron chi connectivity index (χ0n) is 7.93. The van der Waals surface area contributed by atoms with Gasteiger partial charge in [0.2, 0.25) is 0 Å². The molecule has 0 amide bonds. The molecule has 0 fully saturated rings. The Kier molecular flexibility index (Phi) is 2.19. The van der Waals surface area contributed by atoms with E-state index in [0.29, 0.717) is 20.7 Å². The Hall–Kier alpha value is -1.06. The zero-order chi connectivity index (χ0) is 11.3. The monoisotopic (exact) mass is 298 g/mol. The van der Waals surface area contributed by atoms with Crippen molar-refractivity contribution in [3.8, 4) is 0 Å². The summed E-state index contributed by atoms with van der Waals surface area (Å²) in [5.41, 5.74) is 1.31. The third-order valence-corrected chi connectivity index (χ3v) is 3.32. The van der Waals surface area contributed by atoms with Crippen molar-refractivity contribution in [2.24, 2.45) is 0 Å². The first-order valence-electron chi connectivity index (χ1n) is 4.62. The highest BCUT2D eigenvalue weighted by Gasteiger charge is 2.10. The molecule has 16 heavy (non-hydrogen) atoms. The van der Waals surface area contributed by atoms with E-state index in [1.807, 2.05) is 6.07 Å². The summed E-state index contributed by atoms with van der Waals surface area (Å²) >= 11 is 8.99. The highest BCUT2D eigenvalue weighted by molar-refractivity contribution is 9.10. The van der Waals surface area contributed by atoms with Crippen molar-refractivity contribution < 1.29 is 8.81 Å². The lowest BCUT2D eigenvalue weighted by molar-refractivity contribution is 0.619. The van der Waals surface area contributed by atoms with Crippen LogP contribution in [0.15, 0.2) is 39.2 Å². The normalized spacial score (nSPS) is 11.4. The maximum absolute atomic E-state index is 13.4. The summed E-state index contributed by atoms with van der Waals surface area (Å²) in [5.74, 6) is -0.301. The molecule has 0 aliphatic carbocycles. The minimum atomic E-state index is -0.301. The average molecular weight is 300 g/mol. The average Bonchev–Trinajstić information content (AvgIpc) is 2.55. The van der Waals surface area contributed by atoms with Crippen molar-refractivity contribution in [2.45, 2.75) is 0 Å². The molecular formula is C12H5BrClFO. The van der Waals surface area contributed by atoms with Crippen LogP contribution in [0.3, 0.4) is 0 Å². The summed E-state index contributed by atoms with van der Waals surface area (Å²) in [6.07, 6.45) is 0. The molecule has 0 radical (unpaired) electrons. The summed E-state index contributed by atoms with van der Waals surface area (Å²) in [6, 6.07) is 8.40. The van der Waals surface area contributed by atoms with E-state index in [9.17, 15) is 4.39 Å². The van der Waals surface area contributed by atoms with E-state index >= 15 is 0 Å². The van der Waals surface area contributed by atoms with Gasteiger partial charge in [-0.1, -0.05) is 11.6 Å². The fourth-order valence-electron chi connectivity index (χ4n) is 1.75. The van der Waals surface area contributed by atoms with Crippen LogP contribution in [0, 0.1) is 5.82 Å². The van der Waals surface area contributed by atoms with Gasteiger partial charge in [-0.05, 0) is 40.2 Å². The van der Waals surface area contributed by atoms with Gasteiger partial charge in [0.1, 0.15) is 17.0 Å². The third kappa shape index (κ3) is 1.43. The van der Waals surface area contributed by atoms with Gasteiger partial charge in [-0.3, -0.25) is 0 Å². The van der Waals surface area contributed by atoms with Gasteiger partial charge in [-0.25, -0.2) is 4.39 Å². The summed E-state index contributed by atoms with van der Waals surface area (Å²) < 4.78 is 19.4. The second-order valence-electron chi connectivity index (χ2n) is 3.51. The van der Waals surface area contributed by atoms with E-state index in [4.69, 9.17) is 16.0 Å². The smallest absolute Gasteiger partial charge is 0.138 e. The number of benzene rings is 2. The Morgan fingerprint density at radius 2 is 1.81 bits per heavy atom. The molecule has 2 aromatic carbocycles. The van der Waals surface area contributed by atoms with Crippen LogP contribution in [0.2, 0.25) is 5.02 Å². The van der Waals surface area contributed by atoms with Crippen LogP contribution in [-0.4, -0.2) is 0 Å². The van der Waals surface area contributed by atoms with Crippen molar-refractivity contribution in [1.82, 2.24) is 0 Å². The number of furan rings is 1. The molecule has 4 heteroatoms. The molecule has 0 saturated carbocycles. The number of hydrogen-bond acceptors (Lipinski definition) is 1. The van der Waals surface area contributed by atoms with Crippen LogP contribution in [0.4, 0.5) is 4.39 Å². The lowest BCUT2D eigenvalue weighted by Crippen LogP contribution is -1.75. The van der Waals surface area contributed by atoms with E-state index in [2.05, 4.69) is 15.9 Å². The fourth-order valence-corrected chi connectivity index (χ4v) is 2.23. The molecule has 0 spiro atoms. The molecule has 0 aliphatic rings. The first-order chi connectivity index (χ1) is 7.65. The maximum Gasteiger partial charge on any atom is 0.138 e. The Labute approximate surface area is 104 Å². The van der Waals surface area contributed by atoms with Gasteiger partial charge in [0, 0.05) is 21.9 Å². The molecule has 0 saturated heterocycles. The second-order valence-corrected chi connectivity index (χ2v) is 4.80. The Bertz CT molecular complexity index is 705. The Balaban J connectivity index is 2.51. The van der Waals surface area contributed by atoms with Gasteiger partial charge in [0.25, 0.3) is 0 Å². The van der Waals surface area contributed by atoms with Crippen LogP contribution in [-0.2, 0) is 0 Å². The number of halogens is 3. The minimum absolute atomic E-state index is 0.301. The molecule has 0 bridgehead atoms. The molecular weight excluding hydrogens is 294 g/mol. The first kappa shape index (κ1) is 10.1. The van der Waals surface area contributed by atoms with Crippen molar-refractivity contribution in [3.63, 3.8) is 0 Å².